The Balaban J connectivity index is 1.78. The third-order valence-corrected chi connectivity index (χ3v) is 4.02. The molecule has 0 bridgehead atoms. The maximum Gasteiger partial charge on any atom is 0.248 e. The topological polar surface area (TPSA) is 64.3 Å². The number of primary amides is 1. The van der Waals surface area contributed by atoms with Gasteiger partial charge in [-0.15, -0.1) is 0 Å². The van der Waals surface area contributed by atoms with Crippen molar-refractivity contribution in [2.75, 3.05) is 19.7 Å². The van der Waals surface area contributed by atoms with Crippen LogP contribution in [0.2, 0.25) is 0 Å². The summed E-state index contributed by atoms with van der Waals surface area (Å²) < 4.78 is 5.75. The summed E-state index contributed by atoms with van der Waals surface area (Å²) >= 11 is 0. The Kier molecular flexibility index (Phi) is 7.48. The van der Waals surface area contributed by atoms with E-state index in [9.17, 15) is 4.79 Å². The third-order valence-electron chi connectivity index (χ3n) is 4.02. The molecule has 0 atom stereocenters. The molecule has 1 amide bonds. The van der Waals surface area contributed by atoms with Gasteiger partial charge in [0.15, 0.2) is 0 Å². The Morgan fingerprint density at radius 2 is 1.84 bits per heavy atom. The SMILES string of the molecule is CC(C)CCCNCCOc1ccc(-c2cccc(C(N)=O)c2)cc1. The van der Waals surface area contributed by atoms with Crippen molar-refractivity contribution in [1.82, 2.24) is 5.32 Å². The summed E-state index contributed by atoms with van der Waals surface area (Å²) in [5, 5.41) is 3.40. The second kappa shape index (κ2) is 9.84. The molecule has 2 aromatic carbocycles. The van der Waals surface area contributed by atoms with Crippen LogP contribution in [0.4, 0.5) is 0 Å². The van der Waals surface area contributed by atoms with E-state index in [1.54, 1.807) is 12.1 Å². The molecular weight excluding hydrogens is 312 g/mol. The first-order valence-electron chi connectivity index (χ1n) is 8.90. The lowest BCUT2D eigenvalue weighted by atomic mass is 10.0. The molecule has 0 aromatic heterocycles. The molecule has 4 nitrogen and oxygen atoms in total. The van der Waals surface area contributed by atoms with Gasteiger partial charge in [0.05, 0.1) is 0 Å². The van der Waals surface area contributed by atoms with Crippen molar-refractivity contribution in [1.29, 1.82) is 0 Å². The Bertz CT molecular complexity index is 666. The zero-order chi connectivity index (χ0) is 18.1. The summed E-state index contributed by atoms with van der Waals surface area (Å²) in [7, 11) is 0. The number of nitrogens with two attached hydrogens (primary N) is 1. The Morgan fingerprint density at radius 1 is 1.08 bits per heavy atom. The van der Waals surface area contributed by atoms with Gasteiger partial charge in [0.1, 0.15) is 12.4 Å². The van der Waals surface area contributed by atoms with Crippen molar-refractivity contribution in [3.8, 4) is 16.9 Å². The van der Waals surface area contributed by atoms with E-state index in [-0.39, 0.29) is 0 Å². The van der Waals surface area contributed by atoms with Crippen LogP contribution in [-0.2, 0) is 0 Å². The molecule has 134 valence electrons. The predicted octanol–water partition coefficient (Wildman–Crippen LogP) is 3.86. The van der Waals surface area contributed by atoms with E-state index in [4.69, 9.17) is 10.5 Å². The maximum atomic E-state index is 11.3. The molecule has 0 radical (unpaired) electrons. The molecule has 0 unspecified atom stereocenters. The van der Waals surface area contributed by atoms with Gasteiger partial charge in [-0.1, -0.05) is 38.1 Å². The molecule has 2 aromatic rings. The number of benzene rings is 2. The normalized spacial score (nSPS) is 10.8. The van der Waals surface area contributed by atoms with Crippen molar-refractivity contribution in [3.05, 3.63) is 54.1 Å². The molecule has 25 heavy (non-hydrogen) atoms. The van der Waals surface area contributed by atoms with Crippen LogP contribution in [-0.4, -0.2) is 25.6 Å². The fourth-order valence-corrected chi connectivity index (χ4v) is 2.60. The van der Waals surface area contributed by atoms with E-state index in [1.807, 2.05) is 36.4 Å². The predicted molar refractivity (Wildman–Crippen MR) is 103 cm³/mol. The highest BCUT2D eigenvalue weighted by molar-refractivity contribution is 5.94. The van der Waals surface area contributed by atoms with E-state index in [1.165, 1.54) is 12.8 Å². The van der Waals surface area contributed by atoms with Gasteiger partial charge in [0.2, 0.25) is 5.91 Å². The lowest BCUT2D eigenvalue weighted by molar-refractivity contribution is 0.100. The molecular formula is C21H28N2O2. The van der Waals surface area contributed by atoms with Gasteiger partial charge in [-0.05, 0) is 60.7 Å². The van der Waals surface area contributed by atoms with Gasteiger partial charge >= 0.3 is 0 Å². The van der Waals surface area contributed by atoms with Gasteiger partial charge in [0, 0.05) is 12.1 Å². The Labute approximate surface area is 150 Å². The van der Waals surface area contributed by atoms with Crippen LogP contribution in [0.5, 0.6) is 5.75 Å². The van der Waals surface area contributed by atoms with E-state index in [0.717, 1.165) is 35.9 Å². The summed E-state index contributed by atoms with van der Waals surface area (Å²) in [6, 6.07) is 15.2. The van der Waals surface area contributed by atoms with Gasteiger partial charge in [-0.3, -0.25) is 4.79 Å². The van der Waals surface area contributed by atoms with Gasteiger partial charge in [0.25, 0.3) is 0 Å². The van der Waals surface area contributed by atoms with Crippen molar-refractivity contribution in [2.24, 2.45) is 11.7 Å². The maximum absolute atomic E-state index is 11.3. The first kappa shape index (κ1) is 19.0. The van der Waals surface area contributed by atoms with Gasteiger partial charge in [-0.2, -0.15) is 0 Å². The third kappa shape index (κ3) is 6.59. The minimum atomic E-state index is -0.414. The molecule has 0 saturated heterocycles. The van der Waals surface area contributed by atoms with Crippen molar-refractivity contribution in [2.45, 2.75) is 26.7 Å². The highest BCUT2D eigenvalue weighted by Crippen LogP contribution is 2.23. The summed E-state index contributed by atoms with van der Waals surface area (Å²) in [6.45, 7) is 7.03. The number of hydrogen-bond acceptors (Lipinski definition) is 3. The molecule has 0 fully saturated rings. The Hall–Kier alpha value is -2.33. The van der Waals surface area contributed by atoms with E-state index >= 15 is 0 Å². The van der Waals surface area contributed by atoms with Crippen LogP contribution < -0.4 is 15.8 Å². The van der Waals surface area contributed by atoms with E-state index in [2.05, 4.69) is 19.2 Å². The minimum absolute atomic E-state index is 0.414. The second-order valence-electron chi connectivity index (χ2n) is 6.60. The average molecular weight is 340 g/mol. The molecule has 3 N–H and O–H groups in total. The lowest BCUT2D eigenvalue weighted by Gasteiger charge is -2.09. The van der Waals surface area contributed by atoms with Crippen LogP contribution in [0.25, 0.3) is 11.1 Å². The summed E-state index contributed by atoms with van der Waals surface area (Å²) in [4.78, 5) is 11.3. The van der Waals surface area contributed by atoms with Crippen LogP contribution in [0.3, 0.4) is 0 Å². The molecule has 0 saturated carbocycles. The fraction of sp³-hybridized carbons (Fsp3) is 0.381. The lowest BCUT2D eigenvalue weighted by Crippen LogP contribution is -2.22. The highest BCUT2D eigenvalue weighted by atomic mass is 16.5. The number of hydrogen-bond donors (Lipinski definition) is 2. The minimum Gasteiger partial charge on any atom is -0.492 e. The zero-order valence-electron chi connectivity index (χ0n) is 15.1. The largest absolute Gasteiger partial charge is 0.492 e. The number of carbonyl (C=O) groups excluding carboxylic acids is 1. The van der Waals surface area contributed by atoms with E-state index < -0.39 is 5.91 Å². The number of carbonyl (C=O) groups is 1. The second-order valence-corrected chi connectivity index (χ2v) is 6.60. The zero-order valence-corrected chi connectivity index (χ0v) is 15.1. The van der Waals surface area contributed by atoms with Crippen LogP contribution in [0.15, 0.2) is 48.5 Å². The smallest absolute Gasteiger partial charge is 0.248 e. The summed E-state index contributed by atoms with van der Waals surface area (Å²) in [6.07, 6.45) is 2.46. The molecule has 2 rings (SSSR count). The average Bonchev–Trinajstić information content (AvgIpc) is 2.61. The van der Waals surface area contributed by atoms with Crippen LogP contribution >= 0.6 is 0 Å². The van der Waals surface area contributed by atoms with E-state index in [0.29, 0.717) is 12.2 Å². The summed E-state index contributed by atoms with van der Waals surface area (Å²) in [5.74, 6) is 1.20. The number of rotatable bonds is 10. The van der Waals surface area contributed by atoms with Crippen LogP contribution in [0.1, 0.15) is 37.0 Å². The first-order chi connectivity index (χ1) is 12.1. The van der Waals surface area contributed by atoms with Crippen LogP contribution in [0, 0.1) is 5.92 Å². The number of nitrogens with one attached hydrogen (secondary N) is 1. The standard InChI is InChI=1S/C21H28N2O2/c1-16(2)5-4-12-23-13-14-25-20-10-8-17(9-11-20)18-6-3-7-19(15-18)21(22)24/h3,6-11,15-16,23H,4-5,12-14H2,1-2H3,(H2,22,24). The van der Waals surface area contributed by atoms with Crippen molar-refractivity contribution < 1.29 is 9.53 Å². The molecule has 0 heterocycles. The highest BCUT2D eigenvalue weighted by Gasteiger charge is 2.03. The van der Waals surface area contributed by atoms with Crippen molar-refractivity contribution >= 4 is 5.91 Å². The molecule has 0 aliphatic heterocycles. The first-order valence-corrected chi connectivity index (χ1v) is 8.90. The number of ether oxygens (including phenoxy) is 1. The number of amides is 1. The molecule has 0 spiro atoms. The Morgan fingerprint density at radius 3 is 2.52 bits per heavy atom. The summed E-state index contributed by atoms with van der Waals surface area (Å²) in [5.41, 5.74) is 7.85. The molecule has 0 aliphatic rings. The molecule has 0 aliphatic carbocycles. The molecule has 4 heteroatoms. The quantitative estimate of drug-likeness (QED) is 0.646. The van der Waals surface area contributed by atoms with Crippen molar-refractivity contribution in [3.63, 3.8) is 0 Å². The van der Waals surface area contributed by atoms with Gasteiger partial charge < -0.3 is 15.8 Å². The fourth-order valence-electron chi connectivity index (χ4n) is 2.60. The monoisotopic (exact) mass is 340 g/mol. The van der Waals surface area contributed by atoms with Gasteiger partial charge in [-0.25, -0.2) is 0 Å².